The zero-order chi connectivity index (χ0) is 12.7. The van der Waals surface area contributed by atoms with Crippen LogP contribution in [0.5, 0.6) is 0 Å². The highest BCUT2D eigenvalue weighted by atomic mass is 32.8. The van der Waals surface area contributed by atoms with Gasteiger partial charge in [-0.05, 0) is 19.4 Å². The Morgan fingerprint density at radius 1 is 1.24 bits per heavy atom. The smallest absolute Gasteiger partial charge is 0.288 e. The van der Waals surface area contributed by atoms with E-state index < -0.39 is 9.45 Å². The van der Waals surface area contributed by atoms with Crippen molar-refractivity contribution in [3.05, 3.63) is 35.9 Å². The Morgan fingerprint density at radius 3 is 2.29 bits per heavy atom. The average Bonchev–Trinajstić information content (AvgIpc) is 2.38. The van der Waals surface area contributed by atoms with E-state index in [-0.39, 0.29) is 5.24 Å². The van der Waals surface area contributed by atoms with Crippen LogP contribution in [0.25, 0.3) is 0 Å². The van der Waals surface area contributed by atoms with Gasteiger partial charge in [0, 0.05) is 28.3 Å². The van der Waals surface area contributed by atoms with Crippen molar-refractivity contribution in [3.8, 4) is 0 Å². The van der Waals surface area contributed by atoms with Crippen LogP contribution in [-0.4, -0.2) is 27.4 Å². The van der Waals surface area contributed by atoms with Gasteiger partial charge in [0.1, 0.15) is 10.2 Å². The fourth-order valence-corrected chi connectivity index (χ4v) is 3.78. The third-order valence-electron chi connectivity index (χ3n) is 2.44. The first-order valence-corrected chi connectivity index (χ1v) is 8.22. The molecule has 0 aliphatic carbocycles. The first kappa shape index (κ1) is 14.1. The summed E-state index contributed by atoms with van der Waals surface area (Å²) in [4.78, 5) is 13.8. The quantitative estimate of drug-likeness (QED) is 0.843. The van der Waals surface area contributed by atoms with Gasteiger partial charge in [-0.25, -0.2) is 4.21 Å². The average molecular weight is 271 g/mol. The lowest BCUT2D eigenvalue weighted by Gasteiger charge is -2.18. The maximum absolute atomic E-state index is 12.1. The van der Waals surface area contributed by atoms with Gasteiger partial charge in [-0.2, -0.15) is 0 Å². The topological polar surface area (TPSA) is 37.4 Å². The fraction of sp³-hybridized carbons (Fsp3) is 0.417. The standard InChI is InChI=1S/C12H17NO2S2/c1-3-13(4-2)12(14)17(16-15)10-11-8-6-5-7-9-11/h5-9H,3-4,10H2,1-2H3. The van der Waals surface area contributed by atoms with Crippen LogP contribution in [-0.2, 0) is 25.4 Å². The molecule has 1 aromatic rings. The largest absolute Gasteiger partial charge is 0.334 e. The highest BCUT2D eigenvalue weighted by Crippen LogP contribution is 2.07. The monoisotopic (exact) mass is 271 g/mol. The predicted molar refractivity (Wildman–Crippen MR) is 74.0 cm³/mol. The summed E-state index contributed by atoms with van der Waals surface area (Å²) in [5, 5.41) is -0.0288. The van der Waals surface area contributed by atoms with Crippen LogP contribution in [0.2, 0.25) is 0 Å². The Morgan fingerprint density at radius 2 is 1.82 bits per heavy atom. The molecule has 0 aliphatic rings. The highest BCUT2D eigenvalue weighted by Gasteiger charge is 2.15. The van der Waals surface area contributed by atoms with E-state index in [1.165, 1.54) is 0 Å². The number of rotatable bonds is 4. The van der Waals surface area contributed by atoms with Crippen LogP contribution < -0.4 is 0 Å². The molecule has 17 heavy (non-hydrogen) atoms. The van der Waals surface area contributed by atoms with Crippen molar-refractivity contribution >= 4 is 24.9 Å². The maximum atomic E-state index is 12.1. The lowest BCUT2D eigenvalue weighted by Crippen LogP contribution is -2.32. The van der Waals surface area contributed by atoms with Crippen LogP contribution in [0.15, 0.2) is 30.3 Å². The van der Waals surface area contributed by atoms with Crippen molar-refractivity contribution < 1.29 is 9.00 Å². The molecule has 0 bridgehead atoms. The van der Waals surface area contributed by atoms with E-state index in [1.54, 1.807) is 4.90 Å². The molecule has 0 N–H and O–H groups in total. The Balaban J connectivity index is 2.81. The SMILES string of the molecule is CCN(CC)C(=O)S(Cc1ccccc1)=S=O. The number of hydrogen-bond donors (Lipinski definition) is 0. The summed E-state index contributed by atoms with van der Waals surface area (Å²) < 4.78 is 11.1. The van der Waals surface area contributed by atoms with Crippen molar-refractivity contribution in [1.29, 1.82) is 0 Å². The van der Waals surface area contributed by atoms with Crippen molar-refractivity contribution in [2.75, 3.05) is 13.1 Å². The lowest BCUT2D eigenvalue weighted by molar-refractivity contribution is 0.228. The van der Waals surface area contributed by atoms with Crippen LogP contribution in [0.3, 0.4) is 0 Å². The molecule has 1 aromatic carbocycles. The van der Waals surface area contributed by atoms with E-state index in [9.17, 15) is 9.00 Å². The van der Waals surface area contributed by atoms with Crippen molar-refractivity contribution in [3.63, 3.8) is 0 Å². The maximum Gasteiger partial charge on any atom is 0.288 e. The number of carbonyl (C=O) groups is 1. The number of carbonyl (C=O) groups excluding carboxylic acids is 1. The molecule has 3 nitrogen and oxygen atoms in total. The van der Waals surface area contributed by atoms with E-state index in [2.05, 4.69) is 0 Å². The molecule has 0 heterocycles. The van der Waals surface area contributed by atoms with E-state index >= 15 is 0 Å². The third kappa shape index (κ3) is 4.09. The van der Waals surface area contributed by atoms with Gasteiger partial charge in [0.25, 0.3) is 5.24 Å². The summed E-state index contributed by atoms with van der Waals surface area (Å²) in [5.74, 6) is 0.532. The first-order chi connectivity index (χ1) is 8.22. The summed E-state index contributed by atoms with van der Waals surface area (Å²) in [7, 11) is -0.390. The highest BCUT2D eigenvalue weighted by molar-refractivity contribution is 8.38. The lowest BCUT2D eigenvalue weighted by atomic mass is 10.2. The summed E-state index contributed by atoms with van der Waals surface area (Å²) >= 11 is 0. The van der Waals surface area contributed by atoms with Crippen LogP contribution >= 0.6 is 0 Å². The Bertz CT molecular complexity index is 423. The molecule has 0 saturated carbocycles. The second kappa shape index (κ2) is 7.40. The molecule has 0 radical (unpaired) electrons. The first-order valence-electron chi connectivity index (χ1n) is 5.56. The summed E-state index contributed by atoms with van der Waals surface area (Å²) in [6.07, 6.45) is 0. The van der Waals surface area contributed by atoms with Crippen molar-refractivity contribution in [2.24, 2.45) is 0 Å². The third-order valence-corrected chi connectivity index (χ3v) is 5.12. The molecular formula is C12H17NO2S2. The fourth-order valence-electron chi connectivity index (χ4n) is 1.47. The number of benzene rings is 1. The Hall–Kier alpha value is -0.940. The second-order valence-electron chi connectivity index (χ2n) is 3.48. The minimum absolute atomic E-state index is 0.0288. The van der Waals surface area contributed by atoms with Crippen molar-refractivity contribution in [2.45, 2.75) is 19.6 Å². The number of amides is 1. The Labute approximate surface area is 107 Å². The van der Waals surface area contributed by atoms with E-state index in [1.807, 2.05) is 44.2 Å². The zero-order valence-corrected chi connectivity index (χ0v) is 11.7. The number of nitrogens with zero attached hydrogens (tertiary/aromatic N) is 1. The Kier molecular flexibility index (Phi) is 6.15. The van der Waals surface area contributed by atoms with Gasteiger partial charge in [0.15, 0.2) is 0 Å². The summed E-state index contributed by atoms with van der Waals surface area (Å²) in [6.45, 7) is 5.18. The molecule has 5 heteroatoms. The van der Waals surface area contributed by atoms with Crippen molar-refractivity contribution in [1.82, 2.24) is 4.90 Å². The van der Waals surface area contributed by atoms with E-state index in [0.717, 1.165) is 5.56 Å². The van der Waals surface area contributed by atoms with Gasteiger partial charge in [-0.1, -0.05) is 30.3 Å². The molecule has 1 amide bonds. The van der Waals surface area contributed by atoms with Gasteiger partial charge >= 0.3 is 0 Å². The van der Waals surface area contributed by atoms with Gasteiger partial charge in [-0.3, -0.25) is 4.79 Å². The molecule has 0 aromatic heterocycles. The molecule has 0 fully saturated rings. The molecule has 1 rings (SSSR count). The van der Waals surface area contributed by atoms with Crippen LogP contribution in [0.1, 0.15) is 19.4 Å². The zero-order valence-electron chi connectivity index (χ0n) is 10.1. The number of hydrogen-bond acceptors (Lipinski definition) is 2. The molecule has 1 atom stereocenters. The van der Waals surface area contributed by atoms with Gasteiger partial charge in [0.05, 0.1) is 0 Å². The minimum Gasteiger partial charge on any atom is -0.334 e. The molecule has 0 saturated heterocycles. The van der Waals surface area contributed by atoms with Gasteiger partial charge < -0.3 is 4.90 Å². The van der Waals surface area contributed by atoms with Crippen LogP contribution in [0, 0.1) is 0 Å². The molecule has 94 valence electrons. The molecule has 0 aliphatic heterocycles. The normalized spacial score (nSPS) is 11.9. The second-order valence-corrected chi connectivity index (χ2v) is 6.56. The van der Waals surface area contributed by atoms with Gasteiger partial charge in [0.2, 0.25) is 0 Å². The van der Waals surface area contributed by atoms with E-state index in [0.29, 0.717) is 29.1 Å². The van der Waals surface area contributed by atoms with Crippen LogP contribution in [0.4, 0.5) is 4.79 Å². The molecule has 1 unspecified atom stereocenters. The minimum atomic E-state index is -0.809. The van der Waals surface area contributed by atoms with E-state index in [4.69, 9.17) is 0 Å². The predicted octanol–water partition coefficient (Wildman–Crippen LogP) is 2.39. The summed E-state index contributed by atoms with van der Waals surface area (Å²) in [6, 6.07) is 9.68. The van der Waals surface area contributed by atoms with Gasteiger partial charge in [-0.15, -0.1) is 0 Å². The molecular weight excluding hydrogens is 254 g/mol. The molecule has 0 spiro atoms. The summed E-state index contributed by atoms with van der Waals surface area (Å²) in [5.41, 5.74) is 1.04.